The summed E-state index contributed by atoms with van der Waals surface area (Å²) in [6.45, 7) is 6.87. The third-order valence-corrected chi connectivity index (χ3v) is 5.26. The third-order valence-electron chi connectivity index (χ3n) is 5.26. The quantitative estimate of drug-likeness (QED) is 0.774. The Balaban J connectivity index is 1.67. The fourth-order valence-corrected chi connectivity index (χ4v) is 4.01. The van der Waals surface area contributed by atoms with E-state index >= 15 is 0 Å². The predicted octanol–water partition coefficient (Wildman–Crippen LogP) is 4.24. The lowest BCUT2D eigenvalue weighted by molar-refractivity contribution is -0.130. The first-order chi connectivity index (χ1) is 12.2. The number of anilines is 1. The minimum Gasteiger partial charge on any atom is -0.374 e. The lowest BCUT2D eigenvalue weighted by atomic mass is 10.1. The minimum absolute atomic E-state index is 0.199. The minimum atomic E-state index is -0.199. The molecule has 0 radical (unpaired) electrons. The fraction of sp³-hybridized carbons (Fsp3) is 0.381. The molecule has 1 aliphatic rings. The Morgan fingerprint density at radius 2 is 1.80 bits per heavy atom. The van der Waals surface area contributed by atoms with E-state index in [1.165, 1.54) is 21.8 Å². The summed E-state index contributed by atoms with van der Waals surface area (Å²) >= 11 is 0. The van der Waals surface area contributed by atoms with Crippen LogP contribution in [0.15, 0.2) is 42.5 Å². The predicted molar refractivity (Wildman–Crippen MR) is 104 cm³/mol. The first-order valence-electron chi connectivity index (χ1n) is 9.25. The van der Waals surface area contributed by atoms with Gasteiger partial charge in [0.2, 0.25) is 5.91 Å². The number of aryl methyl sites for hydroxylation is 1. The van der Waals surface area contributed by atoms with Crippen LogP contribution in [-0.2, 0) is 11.3 Å². The number of amides is 1. The molecule has 3 aromatic rings. The maximum Gasteiger partial charge on any atom is 0.244 e. The van der Waals surface area contributed by atoms with Crippen LogP contribution in [0.1, 0.15) is 26.7 Å². The van der Waals surface area contributed by atoms with Crippen LogP contribution in [0.3, 0.4) is 0 Å². The van der Waals surface area contributed by atoms with Gasteiger partial charge in [0.15, 0.2) is 0 Å². The van der Waals surface area contributed by atoms with Crippen LogP contribution in [0.4, 0.5) is 5.69 Å². The van der Waals surface area contributed by atoms with Crippen LogP contribution < -0.4 is 5.32 Å². The molecule has 2 heterocycles. The summed E-state index contributed by atoms with van der Waals surface area (Å²) in [6.07, 6.45) is 2.25. The summed E-state index contributed by atoms with van der Waals surface area (Å²) in [7, 11) is 0. The normalized spacial score (nSPS) is 15.8. The first kappa shape index (κ1) is 16.0. The molecule has 4 heteroatoms. The summed E-state index contributed by atoms with van der Waals surface area (Å²) in [5.41, 5.74) is 3.51. The molecular weight excluding hydrogens is 310 g/mol. The second kappa shape index (κ2) is 6.43. The van der Waals surface area contributed by atoms with Crippen molar-refractivity contribution in [2.45, 2.75) is 39.3 Å². The molecule has 1 fully saturated rings. The van der Waals surface area contributed by atoms with Crippen molar-refractivity contribution in [3.8, 4) is 0 Å². The molecule has 4 nitrogen and oxygen atoms in total. The van der Waals surface area contributed by atoms with E-state index in [2.05, 4.69) is 59.3 Å². The summed E-state index contributed by atoms with van der Waals surface area (Å²) in [5, 5.41) is 5.91. The van der Waals surface area contributed by atoms with E-state index in [4.69, 9.17) is 0 Å². The molecule has 2 aromatic carbocycles. The summed E-state index contributed by atoms with van der Waals surface area (Å²) in [4.78, 5) is 14.5. The van der Waals surface area contributed by atoms with Crippen molar-refractivity contribution in [3.63, 3.8) is 0 Å². The zero-order valence-electron chi connectivity index (χ0n) is 15.0. The van der Waals surface area contributed by atoms with Crippen molar-refractivity contribution in [1.29, 1.82) is 0 Å². The van der Waals surface area contributed by atoms with Gasteiger partial charge in [-0.25, -0.2) is 0 Å². The van der Waals surface area contributed by atoms with Crippen LogP contribution in [-0.4, -0.2) is 34.5 Å². The SMILES string of the molecule is CCn1c2ccccc2c2cc(N[C@@H](C)C(=O)N3CCCC3)ccc21. The smallest absolute Gasteiger partial charge is 0.244 e. The second-order valence-corrected chi connectivity index (χ2v) is 6.89. The molecule has 1 aliphatic heterocycles. The molecule has 1 amide bonds. The fourth-order valence-electron chi connectivity index (χ4n) is 4.01. The van der Waals surface area contributed by atoms with E-state index in [1.54, 1.807) is 0 Å². The third kappa shape index (κ3) is 2.76. The van der Waals surface area contributed by atoms with Crippen molar-refractivity contribution < 1.29 is 4.79 Å². The Labute approximate surface area is 148 Å². The average Bonchev–Trinajstić information content (AvgIpc) is 3.27. The number of rotatable bonds is 4. The monoisotopic (exact) mass is 335 g/mol. The second-order valence-electron chi connectivity index (χ2n) is 6.89. The van der Waals surface area contributed by atoms with Gasteiger partial charge in [0.05, 0.1) is 0 Å². The number of aromatic nitrogens is 1. The van der Waals surface area contributed by atoms with E-state index in [-0.39, 0.29) is 11.9 Å². The molecule has 0 bridgehead atoms. The highest BCUT2D eigenvalue weighted by molar-refractivity contribution is 6.09. The van der Waals surface area contributed by atoms with E-state index in [0.717, 1.165) is 38.2 Å². The molecule has 130 valence electrons. The highest BCUT2D eigenvalue weighted by Crippen LogP contribution is 2.31. The van der Waals surface area contributed by atoms with Crippen molar-refractivity contribution in [2.75, 3.05) is 18.4 Å². The zero-order chi connectivity index (χ0) is 17.4. The average molecular weight is 335 g/mol. The number of nitrogens with zero attached hydrogens (tertiary/aromatic N) is 2. The highest BCUT2D eigenvalue weighted by atomic mass is 16.2. The molecule has 1 aromatic heterocycles. The van der Waals surface area contributed by atoms with Crippen LogP contribution in [0.2, 0.25) is 0 Å². The first-order valence-corrected chi connectivity index (χ1v) is 9.25. The molecule has 4 rings (SSSR count). The van der Waals surface area contributed by atoms with Crippen LogP contribution >= 0.6 is 0 Å². The maximum absolute atomic E-state index is 12.5. The number of nitrogens with one attached hydrogen (secondary N) is 1. The molecule has 1 atom stereocenters. The number of carbonyl (C=O) groups is 1. The molecule has 0 saturated carbocycles. The molecule has 0 spiro atoms. The molecular formula is C21H25N3O. The van der Waals surface area contributed by atoms with Crippen molar-refractivity contribution >= 4 is 33.4 Å². The summed E-state index contributed by atoms with van der Waals surface area (Å²) in [5.74, 6) is 0.202. The molecule has 1 saturated heterocycles. The van der Waals surface area contributed by atoms with Gasteiger partial charge >= 0.3 is 0 Å². The van der Waals surface area contributed by atoms with Gasteiger partial charge < -0.3 is 14.8 Å². The Bertz CT molecular complexity index is 921. The Morgan fingerprint density at radius 1 is 1.08 bits per heavy atom. The van der Waals surface area contributed by atoms with Gasteiger partial charge in [0, 0.05) is 47.1 Å². The van der Waals surface area contributed by atoms with Crippen LogP contribution in [0.25, 0.3) is 21.8 Å². The number of para-hydroxylation sites is 1. The van der Waals surface area contributed by atoms with Gasteiger partial charge in [0.1, 0.15) is 6.04 Å². The van der Waals surface area contributed by atoms with Crippen LogP contribution in [0, 0.1) is 0 Å². The number of likely N-dealkylation sites (tertiary alicyclic amines) is 1. The molecule has 25 heavy (non-hydrogen) atoms. The zero-order valence-corrected chi connectivity index (χ0v) is 15.0. The summed E-state index contributed by atoms with van der Waals surface area (Å²) in [6, 6.07) is 14.7. The Hall–Kier alpha value is -2.49. The van der Waals surface area contributed by atoms with E-state index in [9.17, 15) is 4.79 Å². The lowest BCUT2D eigenvalue weighted by Crippen LogP contribution is -2.39. The largest absolute Gasteiger partial charge is 0.374 e. The molecule has 1 N–H and O–H groups in total. The van der Waals surface area contributed by atoms with Gasteiger partial charge in [-0.1, -0.05) is 18.2 Å². The number of hydrogen-bond donors (Lipinski definition) is 1. The van der Waals surface area contributed by atoms with Crippen molar-refractivity contribution in [1.82, 2.24) is 9.47 Å². The standard InChI is InChI=1S/C21H25N3O/c1-3-24-19-9-5-4-8-17(19)18-14-16(10-11-20(18)24)22-15(2)21(25)23-12-6-7-13-23/h4-5,8-11,14-15,22H,3,6-7,12-13H2,1-2H3/t15-/m0/s1. The topological polar surface area (TPSA) is 37.3 Å². The van der Waals surface area contributed by atoms with Gasteiger partial charge in [-0.05, 0) is 51.0 Å². The van der Waals surface area contributed by atoms with E-state index in [0.29, 0.717) is 0 Å². The number of benzene rings is 2. The maximum atomic E-state index is 12.5. The van der Waals surface area contributed by atoms with Crippen molar-refractivity contribution in [2.24, 2.45) is 0 Å². The van der Waals surface area contributed by atoms with Gasteiger partial charge in [-0.3, -0.25) is 4.79 Å². The van der Waals surface area contributed by atoms with Gasteiger partial charge in [-0.2, -0.15) is 0 Å². The molecule has 0 unspecified atom stereocenters. The number of hydrogen-bond acceptors (Lipinski definition) is 2. The summed E-state index contributed by atoms with van der Waals surface area (Å²) < 4.78 is 2.34. The van der Waals surface area contributed by atoms with Crippen LogP contribution in [0.5, 0.6) is 0 Å². The Kier molecular flexibility index (Phi) is 4.12. The number of fused-ring (bicyclic) bond motifs is 3. The van der Waals surface area contributed by atoms with Gasteiger partial charge in [0.25, 0.3) is 0 Å². The van der Waals surface area contributed by atoms with E-state index < -0.39 is 0 Å². The van der Waals surface area contributed by atoms with Crippen molar-refractivity contribution in [3.05, 3.63) is 42.5 Å². The Morgan fingerprint density at radius 3 is 2.56 bits per heavy atom. The molecule has 0 aliphatic carbocycles. The number of carbonyl (C=O) groups excluding carboxylic acids is 1. The lowest BCUT2D eigenvalue weighted by Gasteiger charge is -2.22. The van der Waals surface area contributed by atoms with E-state index in [1.807, 2.05) is 11.8 Å². The van der Waals surface area contributed by atoms with Gasteiger partial charge in [-0.15, -0.1) is 0 Å². The highest BCUT2D eigenvalue weighted by Gasteiger charge is 2.23.